The number of aromatic amines is 1. The summed E-state index contributed by atoms with van der Waals surface area (Å²) in [5, 5.41) is 0. The van der Waals surface area contributed by atoms with E-state index in [1.807, 2.05) is 0 Å². The number of hydrogen-bond donors (Lipinski definition) is 1. The zero-order valence-corrected chi connectivity index (χ0v) is 3.36. The Morgan fingerprint density at radius 3 is 2.00 bits per heavy atom. The maximum Gasteiger partial charge on any atom is 0.0278 e. The normalized spacial score (nSPS) is 14.0. The van der Waals surface area contributed by atoms with Gasteiger partial charge in [-0.05, 0) is 12.1 Å². The molecule has 0 unspecified atom stereocenters. The maximum absolute atomic E-state index is 3.14. The van der Waals surface area contributed by atoms with Gasteiger partial charge in [-0.1, -0.05) is 0 Å². The molecule has 1 aliphatic heterocycles. The van der Waals surface area contributed by atoms with E-state index in [2.05, 4.69) is 17.1 Å². The Balaban J connectivity index is 2.95. The summed E-state index contributed by atoms with van der Waals surface area (Å²) in [5.41, 5.74) is 2.76. The molecule has 2 bridgehead atoms. The van der Waals surface area contributed by atoms with Crippen molar-refractivity contribution in [3.05, 3.63) is 23.5 Å². The molecule has 0 amide bonds. The zero-order chi connectivity index (χ0) is 3.98. The molecule has 0 fully saturated rings. The van der Waals surface area contributed by atoms with Crippen LogP contribution < -0.4 is 0 Å². The van der Waals surface area contributed by atoms with Crippen LogP contribution in [-0.4, -0.2) is 4.98 Å². The molecule has 1 aromatic rings. The molecule has 0 saturated heterocycles. The van der Waals surface area contributed by atoms with Gasteiger partial charge in [0.2, 0.25) is 0 Å². The zero-order valence-electron chi connectivity index (χ0n) is 3.36. The second kappa shape index (κ2) is 0.535. The Bertz CT molecular complexity index is 140. The van der Waals surface area contributed by atoms with Crippen molar-refractivity contribution in [2.45, 2.75) is 6.42 Å². The van der Waals surface area contributed by atoms with Gasteiger partial charge in [0, 0.05) is 17.8 Å². The molecular weight excluding hydrogens is 74.1 g/mol. The van der Waals surface area contributed by atoms with Crippen LogP contribution in [0.25, 0.3) is 0 Å². The van der Waals surface area contributed by atoms with Crippen molar-refractivity contribution in [3.8, 4) is 0 Å². The monoisotopic (exact) mass is 79.0 g/mol. The predicted octanol–water partition coefficient (Wildman–Crippen LogP) is 0.919. The lowest BCUT2D eigenvalue weighted by Gasteiger charge is -2.01. The Kier molecular flexibility index (Phi) is 0.219. The van der Waals surface area contributed by atoms with E-state index in [0.717, 1.165) is 0 Å². The van der Waals surface area contributed by atoms with Crippen molar-refractivity contribution in [1.82, 2.24) is 4.98 Å². The van der Waals surface area contributed by atoms with E-state index in [1.54, 1.807) is 0 Å². The van der Waals surface area contributed by atoms with Crippen LogP contribution in [0.4, 0.5) is 0 Å². The fourth-order valence-corrected chi connectivity index (χ4v) is 0.795. The third-order valence-corrected chi connectivity index (χ3v) is 1.19. The van der Waals surface area contributed by atoms with Gasteiger partial charge in [0.25, 0.3) is 0 Å². The highest BCUT2D eigenvalue weighted by atomic mass is 14.8. The fourth-order valence-electron chi connectivity index (χ4n) is 0.795. The second-order valence-corrected chi connectivity index (χ2v) is 1.69. The second-order valence-electron chi connectivity index (χ2n) is 1.69. The molecule has 3 rings (SSSR count). The summed E-state index contributed by atoms with van der Waals surface area (Å²) in [6, 6.07) is 4.24. The van der Waals surface area contributed by atoms with Gasteiger partial charge in [0.15, 0.2) is 0 Å². The smallest absolute Gasteiger partial charge is 0.0278 e. The molecule has 1 nitrogen and oxygen atoms in total. The Morgan fingerprint density at radius 2 is 1.83 bits per heavy atom. The molecule has 1 aliphatic carbocycles. The van der Waals surface area contributed by atoms with Gasteiger partial charge in [0.05, 0.1) is 0 Å². The first-order valence-corrected chi connectivity index (χ1v) is 2.12. The summed E-state index contributed by atoms with van der Waals surface area (Å²) in [6.45, 7) is 0. The predicted molar refractivity (Wildman–Crippen MR) is 23.6 cm³/mol. The Hall–Kier alpha value is -0.720. The minimum atomic E-state index is 1.19. The highest BCUT2D eigenvalue weighted by Crippen LogP contribution is 2.15. The van der Waals surface area contributed by atoms with Gasteiger partial charge in [-0.3, -0.25) is 0 Å². The van der Waals surface area contributed by atoms with E-state index in [4.69, 9.17) is 0 Å². The first-order valence-electron chi connectivity index (χ1n) is 2.12. The molecule has 0 spiro atoms. The van der Waals surface area contributed by atoms with Crippen molar-refractivity contribution in [2.24, 2.45) is 0 Å². The lowest BCUT2D eigenvalue weighted by atomic mass is 10.3. The Morgan fingerprint density at radius 1 is 1.33 bits per heavy atom. The van der Waals surface area contributed by atoms with Crippen LogP contribution in [0.5, 0.6) is 0 Å². The van der Waals surface area contributed by atoms with Crippen molar-refractivity contribution in [1.29, 1.82) is 0 Å². The molecule has 1 heteroatoms. The van der Waals surface area contributed by atoms with Crippen LogP contribution in [0.1, 0.15) is 11.4 Å². The summed E-state index contributed by atoms with van der Waals surface area (Å²) in [5.74, 6) is 0. The number of nitrogens with one attached hydrogen (secondary N) is 1. The number of rotatable bonds is 0. The molecule has 1 N–H and O–H groups in total. The fraction of sp³-hybridized carbons (Fsp3) is 0.200. The summed E-state index contributed by atoms with van der Waals surface area (Å²) in [4.78, 5) is 3.14. The average molecular weight is 79.1 g/mol. The van der Waals surface area contributed by atoms with Crippen LogP contribution in [0.15, 0.2) is 12.1 Å². The lowest BCUT2D eigenvalue weighted by molar-refractivity contribution is 0.946. The summed E-state index contributed by atoms with van der Waals surface area (Å²) in [6.07, 6.45) is 1.19. The van der Waals surface area contributed by atoms with Gasteiger partial charge >= 0.3 is 0 Å². The minimum absolute atomic E-state index is 1.19. The summed E-state index contributed by atoms with van der Waals surface area (Å²) < 4.78 is 0. The van der Waals surface area contributed by atoms with E-state index in [9.17, 15) is 0 Å². The highest BCUT2D eigenvalue weighted by Gasteiger charge is 2.07. The quantitative estimate of drug-likeness (QED) is 0.483. The van der Waals surface area contributed by atoms with E-state index in [1.165, 1.54) is 17.8 Å². The first-order chi connectivity index (χ1) is 2.95. The van der Waals surface area contributed by atoms with E-state index in [-0.39, 0.29) is 0 Å². The number of hydrogen-bond acceptors (Lipinski definition) is 0. The van der Waals surface area contributed by atoms with Gasteiger partial charge in [-0.2, -0.15) is 0 Å². The molecule has 1 aromatic heterocycles. The van der Waals surface area contributed by atoms with Crippen LogP contribution in [0.3, 0.4) is 0 Å². The van der Waals surface area contributed by atoms with Crippen LogP contribution in [0.2, 0.25) is 0 Å². The Labute approximate surface area is 36.0 Å². The standard InChI is InChI=1S/C5H5N/c1-2-5-3-4(1)6-5/h1-2,6H,3H2. The minimum Gasteiger partial charge on any atom is -0.362 e. The lowest BCUT2D eigenvalue weighted by Crippen LogP contribution is -1.96. The molecule has 2 heterocycles. The first kappa shape index (κ1) is 2.45. The molecular formula is C5H5N. The summed E-state index contributed by atoms with van der Waals surface area (Å²) in [7, 11) is 0. The third-order valence-electron chi connectivity index (χ3n) is 1.19. The maximum atomic E-state index is 3.14. The van der Waals surface area contributed by atoms with E-state index >= 15 is 0 Å². The van der Waals surface area contributed by atoms with Gasteiger partial charge in [-0.25, -0.2) is 0 Å². The van der Waals surface area contributed by atoms with Crippen LogP contribution >= 0.6 is 0 Å². The van der Waals surface area contributed by atoms with E-state index in [0.29, 0.717) is 0 Å². The molecule has 0 radical (unpaired) electrons. The van der Waals surface area contributed by atoms with Crippen molar-refractivity contribution < 1.29 is 0 Å². The molecule has 2 aliphatic rings. The SMILES string of the molecule is c1cc2[nH]c1C2. The summed E-state index contributed by atoms with van der Waals surface area (Å²) >= 11 is 0. The van der Waals surface area contributed by atoms with Gasteiger partial charge in [-0.15, -0.1) is 0 Å². The molecule has 0 atom stereocenters. The topological polar surface area (TPSA) is 15.8 Å². The molecule has 0 aromatic carbocycles. The number of aromatic nitrogens is 1. The van der Waals surface area contributed by atoms with Gasteiger partial charge in [0.1, 0.15) is 0 Å². The van der Waals surface area contributed by atoms with Crippen molar-refractivity contribution in [2.75, 3.05) is 0 Å². The third kappa shape index (κ3) is 0.113. The van der Waals surface area contributed by atoms with Crippen LogP contribution in [-0.2, 0) is 6.42 Å². The highest BCUT2D eigenvalue weighted by molar-refractivity contribution is 5.27. The van der Waals surface area contributed by atoms with E-state index < -0.39 is 0 Å². The number of H-pyrrole nitrogens is 1. The molecule has 6 heavy (non-hydrogen) atoms. The van der Waals surface area contributed by atoms with Gasteiger partial charge < -0.3 is 4.98 Å². The van der Waals surface area contributed by atoms with Crippen molar-refractivity contribution in [3.63, 3.8) is 0 Å². The molecule has 0 saturated carbocycles. The van der Waals surface area contributed by atoms with Crippen LogP contribution in [0, 0.1) is 0 Å². The van der Waals surface area contributed by atoms with Crippen molar-refractivity contribution >= 4 is 0 Å². The average Bonchev–Trinajstić information content (AvgIpc) is 1.72. The number of fused-ring (bicyclic) bond motifs is 1. The largest absolute Gasteiger partial charge is 0.362 e. The molecule has 30 valence electrons.